The molecule has 8 heteroatoms. The van der Waals surface area contributed by atoms with Crippen molar-refractivity contribution in [3.63, 3.8) is 0 Å². The van der Waals surface area contributed by atoms with E-state index in [0.717, 1.165) is 12.1 Å². The summed E-state index contributed by atoms with van der Waals surface area (Å²) in [4.78, 5) is 21.1. The molecule has 0 aliphatic rings. The third kappa shape index (κ3) is 3.24. The zero-order chi connectivity index (χ0) is 15.6. The van der Waals surface area contributed by atoms with E-state index in [1.165, 1.54) is 6.07 Å². The quantitative estimate of drug-likeness (QED) is 0.643. The first-order valence-electron chi connectivity index (χ1n) is 5.63. The SMILES string of the molecule is O=C(O)c1ccc(Nc2cccc(Cl)c2Cl)cc1[N+](=O)[O-]. The van der Waals surface area contributed by atoms with Crippen LogP contribution in [-0.2, 0) is 0 Å². The van der Waals surface area contributed by atoms with Gasteiger partial charge in [0, 0.05) is 11.8 Å². The molecule has 0 spiro atoms. The van der Waals surface area contributed by atoms with Gasteiger partial charge < -0.3 is 10.4 Å². The summed E-state index contributed by atoms with van der Waals surface area (Å²) < 4.78 is 0. The van der Waals surface area contributed by atoms with E-state index in [1.54, 1.807) is 18.2 Å². The topological polar surface area (TPSA) is 92.5 Å². The van der Waals surface area contributed by atoms with Crippen molar-refractivity contribution in [2.24, 2.45) is 0 Å². The molecule has 2 N–H and O–H groups in total. The van der Waals surface area contributed by atoms with Crippen LogP contribution in [0.4, 0.5) is 17.1 Å². The summed E-state index contributed by atoms with van der Waals surface area (Å²) >= 11 is 11.9. The van der Waals surface area contributed by atoms with Crippen LogP contribution in [0.3, 0.4) is 0 Å². The minimum Gasteiger partial charge on any atom is -0.477 e. The van der Waals surface area contributed by atoms with Crippen molar-refractivity contribution in [3.8, 4) is 0 Å². The first-order valence-corrected chi connectivity index (χ1v) is 6.38. The zero-order valence-electron chi connectivity index (χ0n) is 10.3. The molecular formula is C13H8Cl2N2O4. The van der Waals surface area contributed by atoms with Crippen molar-refractivity contribution in [2.45, 2.75) is 0 Å². The van der Waals surface area contributed by atoms with Gasteiger partial charge in [-0.1, -0.05) is 29.3 Å². The van der Waals surface area contributed by atoms with Crippen LogP contribution in [0.5, 0.6) is 0 Å². The molecule has 0 unspecified atom stereocenters. The van der Waals surface area contributed by atoms with Gasteiger partial charge in [0.2, 0.25) is 0 Å². The number of aromatic carboxylic acids is 1. The molecule has 108 valence electrons. The molecule has 2 aromatic carbocycles. The lowest BCUT2D eigenvalue weighted by molar-refractivity contribution is -0.385. The Morgan fingerprint density at radius 1 is 1.24 bits per heavy atom. The summed E-state index contributed by atoms with van der Waals surface area (Å²) in [6.45, 7) is 0. The summed E-state index contributed by atoms with van der Waals surface area (Å²) in [7, 11) is 0. The van der Waals surface area contributed by atoms with Crippen molar-refractivity contribution in [1.29, 1.82) is 0 Å². The van der Waals surface area contributed by atoms with Gasteiger partial charge in [0.25, 0.3) is 5.69 Å². The Bertz CT molecular complexity index is 734. The van der Waals surface area contributed by atoms with Crippen LogP contribution in [0.1, 0.15) is 10.4 Å². The number of hydrogen-bond acceptors (Lipinski definition) is 4. The van der Waals surface area contributed by atoms with Gasteiger partial charge in [0.05, 0.1) is 20.7 Å². The predicted octanol–water partition coefficient (Wildman–Crippen LogP) is 4.34. The van der Waals surface area contributed by atoms with Crippen LogP contribution in [-0.4, -0.2) is 16.0 Å². The van der Waals surface area contributed by atoms with Gasteiger partial charge in [-0.2, -0.15) is 0 Å². The molecule has 0 heterocycles. The zero-order valence-corrected chi connectivity index (χ0v) is 11.9. The van der Waals surface area contributed by atoms with E-state index in [-0.39, 0.29) is 10.6 Å². The minimum atomic E-state index is -1.37. The highest BCUT2D eigenvalue weighted by atomic mass is 35.5. The Kier molecular flexibility index (Phi) is 4.30. The van der Waals surface area contributed by atoms with Crippen LogP contribution in [0.2, 0.25) is 10.0 Å². The molecular weight excluding hydrogens is 319 g/mol. The van der Waals surface area contributed by atoms with Crippen molar-refractivity contribution in [2.75, 3.05) is 5.32 Å². The second-order valence-corrected chi connectivity index (χ2v) is 4.81. The second kappa shape index (κ2) is 5.99. The maximum absolute atomic E-state index is 10.9. The largest absolute Gasteiger partial charge is 0.477 e. The van der Waals surface area contributed by atoms with Gasteiger partial charge in [-0.05, 0) is 24.3 Å². The maximum atomic E-state index is 10.9. The third-order valence-corrected chi connectivity index (χ3v) is 3.47. The van der Waals surface area contributed by atoms with Crippen molar-refractivity contribution >= 4 is 46.2 Å². The number of nitrogens with one attached hydrogen (secondary N) is 1. The molecule has 0 atom stereocenters. The summed E-state index contributed by atoms with van der Waals surface area (Å²) in [5, 5.41) is 23.3. The van der Waals surface area contributed by atoms with Crippen LogP contribution in [0, 0.1) is 10.1 Å². The fourth-order valence-corrected chi connectivity index (χ4v) is 2.04. The van der Waals surface area contributed by atoms with Crippen molar-refractivity contribution < 1.29 is 14.8 Å². The molecule has 0 saturated carbocycles. The summed E-state index contributed by atoms with van der Waals surface area (Å²) in [5.74, 6) is -1.37. The van der Waals surface area contributed by atoms with Gasteiger partial charge in [-0.15, -0.1) is 0 Å². The number of carbonyl (C=O) groups is 1. The first-order chi connectivity index (χ1) is 9.90. The van der Waals surface area contributed by atoms with E-state index < -0.39 is 16.6 Å². The van der Waals surface area contributed by atoms with Crippen LogP contribution in [0.15, 0.2) is 36.4 Å². The first kappa shape index (κ1) is 15.1. The smallest absolute Gasteiger partial charge is 0.342 e. The fourth-order valence-electron chi connectivity index (χ4n) is 1.70. The number of carboxylic acids is 1. The highest BCUT2D eigenvalue weighted by molar-refractivity contribution is 6.43. The Morgan fingerprint density at radius 3 is 2.57 bits per heavy atom. The number of halogens is 2. The molecule has 0 aromatic heterocycles. The van der Waals surface area contributed by atoms with Crippen LogP contribution >= 0.6 is 23.2 Å². The van der Waals surface area contributed by atoms with E-state index in [4.69, 9.17) is 28.3 Å². The second-order valence-electron chi connectivity index (χ2n) is 4.02. The average Bonchev–Trinajstić information content (AvgIpc) is 2.43. The standard InChI is InChI=1S/C13H8Cl2N2O4/c14-9-2-1-3-10(12(9)15)16-7-4-5-8(13(18)19)11(6-7)17(20)21/h1-6,16H,(H,18,19). The Balaban J connectivity index is 2.42. The molecule has 0 aliphatic carbocycles. The summed E-state index contributed by atoms with van der Waals surface area (Å²) in [6, 6.07) is 8.60. The monoisotopic (exact) mass is 326 g/mol. The highest BCUT2D eigenvalue weighted by Gasteiger charge is 2.20. The molecule has 0 aliphatic heterocycles. The van der Waals surface area contributed by atoms with Gasteiger partial charge in [0.1, 0.15) is 5.56 Å². The molecule has 0 saturated heterocycles. The predicted molar refractivity (Wildman–Crippen MR) is 79.8 cm³/mol. The van der Waals surface area contributed by atoms with Gasteiger partial charge in [-0.25, -0.2) is 4.79 Å². The number of nitro benzene ring substituents is 1. The number of rotatable bonds is 4. The van der Waals surface area contributed by atoms with E-state index in [2.05, 4.69) is 5.32 Å². The lowest BCUT2D eigenvalue weighted by Crippen LogP contribution is -2.03. The normalized spacial score (nSPS) is 10.2. The molecule has 0 amide bonds. The molecule has 21 heavy (non-hydrogen) atoms. The number of carboxylic acid groups (broad SMARTS) is 1. The number of benzene rings is 2. The lowest BCUT2D eigenvalue weighted by Gasteiger charge is -2.09. The number of nitrogens with zero attached hydrogens (tertiary/aromatic N) is 1. The third-order valence-electron chi connectivity index (χ3n) is 2.66. The maximum Gasteiger partial charge on any atom is 0.342 e. The molecule has 2 aromatic rings. The van der Waals surface area contributed by atoms with Gasteiger partial charge in [0.15, 0.2) is 0 Å². The van der Waals surface area contributed by atoms with E-state index in [9.17, 15) is 14.9 Å². The van der Waals surface area contributed by atoms with E-state index in [0.29, 0.717) is 16.4 Å². The number of hydrogen-bond donors (Lipinski definition) is 2. The molecule has 0 bridgehead atoms. The van der Waals surface area contributed by atoms with Crippen molar-refractivity contribution in [1.82, 2.24) is 0 Å². The van der Waals surface area contributed by atoms with Crippen molar-refractivity contribution in [3.05, 3.63) is 62.1 Å². The minimum absolute atomic E-state index is 0.268. The van der Waals surface area contributed by atoms with E-state index >= 15 is 0 Å². The van der Waals surface area contributed by atoms with Gasteiger partial charge >= 0.3 is 5.97 Å². The Morgan fingerprint density at radius 2 is 1.95 bits per heavy atom. The van der Waals surface area contributed by atoms with Crippen LogP contribution in [0.25, 0.3) is 0 Å². The Hall–Kier alpha value is -2.31. The number of anilines is 2. The van der Waals surface area contributed by atoms with Gasteiger partial charge in [-0.3, -0.25) is 10.1 Å². The lowest BCUT2D eigenvalue weighted by atomic mass is 10.1. The highest BCUT2D eigenvalue weighted by Crippen LogP contribution is 2.33. The van der Waals surface area contributed by atoms with Crippen LogP contribution < -0.4 is 5.32 Å². The summed E-state index contributed by atoms with van der Waals surface area (Å²) in [5.41, 5.74) is -0.106. The number of nitro groups is 1. The summed E-state index contributed by atoms with van der Waals surface area (Å²) in [6.07, 6.45) is 0. The Labute approximate surface area is 129 Å². The molecule has 2 rings (SSSR count). The average molecular weight is 327 g/mol. The molecule has 0 radical (unpaired) electrons. The molecule has 6 nitrogen and oxygen atoms in total. The van der Waals surface area contributed by atoms with E-state index in [1.807, 2.05) is 0 Å². The molecule has 0 fully saturated rings. The fraction of sp³-hybridized carbons (Fsp3) is 0.